The molecular weight excluding hydrogens is 311 g/mol. The summed E-state index contributed by atoms with van der Waals surface area (Å²) in [7, 11) is 7.07. The lowest BCUT2D eigenvalue weighted by atomic mass is 10.2. The maximum Gasteiger partial charge on any atom is 0.261 e. The van der Waals surface area contributed by atoms with Crippen molar-refractivity contribution in [1.82, 2.24) is 14.9 Å². The van der Waals surface area contributed by atoms with Crippen molar-refractivity contribution >= 4 is 24.4 Å². The minimum Gasteiger partial charge on any atom is -0.384 e. The number of hydrogen-bond acceptors (Lipinski definition) is 4. The van der Waals surface area contributed by atoms with Crippen molar-refractivity contribution < 1.29 is 0 Å². The van der Waals surface area contributed by atoms with Crippen LogP contribution in [0.15, 0.2) is 23.0 Å². The molecule has 2 N–H and O–H groups in total. The fraction of sp³-hybridized carbons (Fsp3) is 0.579. The van der Waals surface area contributed by atoms with Gasteiger partial charge in [0.2, 0.25) is 0 Å². The van der Waals surface area contributed by atoms with Gasteiger partial charge in [-0.1, -0.05) is 41.5 Å². The molecule has 1 aromatic carbocycles. The zero-order valence-electron chi connectivity index (χ0n) is 17.2. The van der Waals surface area contributed by atoms with E-state index in [4.69, 9.17) is 7.85 Å². The highest BCUT2D eigenvalue weighted by Gasteiger charge is 2.05. The quantitative estimate of drug-likeness (QED) is 0.643. The van der Waals surface area contributed by atoms with Crippen LogP contribution in [0.3, 0.4) is 0 Å². The maximum absolute atomic E-state index is 12.0. The molecule has 1 heterocycles. The molecule has 0 unspecified atom stereocenters. The lowest BCUT2D eigenvalue weighted by Crippen LogP contribution is -2.23. The molecule has 0 aliphatic heterocycles. The van der Waals surface area contributed by atoms with E-state index in [9.17, 15) is 4.79 Å². The standard InChI is InChI=1S/C13H17BN4O.3C2H6/c1-9-17-12-7-10(16-6-5-15-8-14)3-4-11(12)13(19)18(9)2;3*1-2/h3-4,7,15-16H,5-6,8H2,1-2H3;3*1-2H3. The summed E-state index contributed by atoms with van der Waals surface area (Å²) in [5.74, 6) is 0.708. The number of rotatable bonds is 5. The van der Waals surface area contributed by atoms with E-state index in [0.717, 1.165) is 24.3 Å². The van der Waals surface area contributed by atoms with Gasteiger partial charge in [-0.25, -0.2) is 4.98 Å². The van der Waals surface area contributed by atoms with Gasteiger partial charge in [0.15, 0.2) is 0 Å². The van der Waals surface area contributed by atoms with E-state index in [-0.39, 0.29) is 5.56 Å². The summed E-state index contributed by atoms with van der Waals surface area (Å²) in [4.78, 5) is 16.5. The molecule has 2 aromatic rings. The molecule has 140 valence electrons. The summed E-state index contributed by atoms with van der Waals surface area (Å²) >= 11 is 0. The smallest absolute Gasteiger partial charge is 0.261 e. The lowest BCUT2D eigenvalue weighted by molar-refractivity contribution is 0.792. The summed E-state index contributed by atoms with van der Waals surface area (Å²) in [5, 5.41) is 6.92. The molecule has 0 aliphatic carbocycles. The van der Waals surface area contributed by atoms with E-state index >= 15 is 0 Å². The Morgan fingerprint density at radius 2 is 1.68 bits per heavy atom. The second-order valence-electron chi connectivity index (χ2n) is 4.39. The Bertz CT molecular complexity index is 641. The monoisotopic (exact) mass is 346 g/mol. The van der Waals surface area contributed by atoms with Crippen LogP contribution >= 0.6 is 0 Å². The van der Waals surface area contributed by atoms with E-state index in [1.165, 1.54) is 0 Å². The molecule has 0 fully saturated rings. The Kier molecular flexibility index (Phi) is 16.0. The molecular formula is C19H35BN4O. The molecule has 0 saturated heterocycles. The SMILES string of the molecule is CC.CC.CC.[B]CNCCNc1ccc2c(=O)n(C)c(C)nc2c1. The zero-order chi connectivity index (χ0) is 19.8. The molecule has 0 saturated carbocycles. The largest absolute Gasteiger partial charge is 0.384 e. The Balaban J connectivity index is 0. The summed E-state index contributed by atoms with van der Waals surface area (Å²) < 4.78 is 1.56. The van der Waals surface area contributed by atoms with Crippen molar-refractivity contribution in [1.29, 1.82) is 0 Å². The summed E-state index contributed by atoms with van der Waals surface area (Å²) in [5.41, 5.74) is 1.66. The zero-order valence-corrected chi connectivity index (χ0v) is 17.2. The van der Waals surface area contributed by atoms with Gasteiger partial charge in [0.1, 0.15) is 5.82 Å². The lowest BCUT2D eigenvalue weighted by Gasteiger charge is -2.09. The fourth-order valence-electron chi connectivity index (χ4n) is 1.89. The Morgan fingerprint density at radius 1 is 1.08 bits per heavy atom. The number of anilines is 1. The number of aryl methyl sites for hydroxylation is 1. The van der Waals surface area contributed by atoms with Gasteiger partial charge in [-0.15, -0.1) is 0 Å². The molecule has 0 bridgehead atoms. The summed E-state index contributed by atoms with van der Waals surface area (Å²) in [6.45, 7) is 15.4. The van der Waals surface area contributed by atoms with Crippen LogP contribution in [-0.4, -0.2) is 36.9 Å². The molecule has 5 nitrogen and oxygen atoms in total. The van der Waals surface area contributed by atoms with E-state index in [0.29, 0.717) is 17.7 Å². The number of benzene rings is 1. The third-order valence-electron chi connectivity index (χ3n) is 3.08. The van der Waals surface area contributed by atoms with Crippen molar-refractivity contribution in [3.63, 3.8) is 0 Å². The predicted molar refractivity (Wildman–Crippen MR) is 113 cm³/mol. The van der Waals surface area contributed by atoms with Gasteiger partial charge >= 0.3 is 0 Å². The fourth-order valence-corrected chi connectivity index (χ4v) is 1.89. The minimum absolute atomic E-state index is 0.0150. The third kappa shape index (κ3) is 8.21. The molecule has 0 spiro atoms. The van der Waals surface area contributed by atoms with Crippen LogP contribution in [0, 0.1) is 6.92 Å². The second kappa shape index (κ2) is 15.7. The van der Waals surface area contributed by atoms with Gasteiger partial charge in [0.25, 0.3) is 5.56 Å². The first-order valence-electron chi connectivity index (χ1n) is 9.25. The number of nitrogens with zero attached hydrogens (tertiary/aromatic N) is 2. The first-order chi connectivity index (χ1) is 12.1. The first-order valence-corrected chi connectivity index (χ1v) is 9.25. The van der Waals surface area contributed by atoms with Crippen molar-refractivity contribution in [3.05, 3.63) is 34.4 Å². The van der Waals surface area contributed by atoms with Crippen LogP contribution in [0.25, 0.3) is 10.9 Å². The highest BCUT2D eigenvalue weighted by molar-refractivity contribution is 6.08. The molecule has 2 radical (unpaired) electrons. The van der Waals surface area contributed by atoms with Gasteiger partial charge in [-0.05, 0) is 31.6 Å². The molecule has 0 amide bonds. The van der Waals surface area contributed by atoms with Crippen molar-refractivity contribution in [2.45, 2.75) is 48.5 Å². The van der Waals surface area contributed by atoms with Crippen LogP contribution in [0.1, 0.15) is 47.4 Å². The number of aromatic nitrogens is 2. The average Bonchev–Trinajstić information content (AvgIpc) is 2.68. The first kappa shape index (κ1) is 25.4. The van der Waals surface area contributed by atoms with E-state index in [2.05, 4.69) is 15.6 Å². The van der Waals surface area contributed by atoms with Gasteiger partial charge < -0.3 is 10.6 Å². The van der Waals surface area contributed by atoms with E-state index < -0.39 is 0 Å². The van der Waals surface area contributed by atoms with Gasteiger partial charge in [0.05, 0.1) is 18.7 Å². The van der Waals surface area contributed by atoms with E-state index in [1.807, 2.05) is 66.7 Å². The summed E-state index contributed by atoms with van der Waals surface area (Å²) in [6, 6.07) is 5.60. The van der Waals surface area contributed by atoms with Gasteiger partial charge in [0, 0.05) is 25.8 Å². The molecule has 6 heteroatoms. The molecule has 25 heavy (non-hydrogen) atoms. The molecule has 1 aromatic heterocycles. The number of nitrogens with one attached hydrogen (secondary N) is 2. The molecule has 2 rings (SSSR count). The van der Waals surface area contributed by atoms with Crippen molar-refractivity contribution in [2.75, 3.05) is 24.9 Å². The van der Waals surface area contributed by atoms with Crippen LogP contribution in [0.4, 0.5) is 5.69 Å². The van der Waals surface area contributed by atoms with Crippen LogP contribution in [0.5, 0.6) is 0 Å². The Hall–Kier alpha value is -1.82. The highest BCUT2D eigenvalue weighted by Crippen LogP contribution is 2.14. The van der Waals surface area contributed by atoms with Crippen LogP contribution < -0.4 is 16.2 Å². The van der Waals surface area contributed by atoms with Crippen molar-refractivity contribution in [3.8, 4) is 0 Å². The third-order valence-corrected chi connectivity index (χ3v) is 3.08. The maximum atomic E-state index is 12.0. The highest BCUT2D eigenvalue weighted by atomic mass is 16.1. The predicted octanol–water partition coefficient (Wildman–Crippen LogP) is 3.45. The Labute approximate surface area is 154 Å². The minimum atomic E-state index is -0.0150. The van der Waals surface area contributed by atoms with E-state index in [1.54, 1.807) is 11.6 Å². The molecule has 0 aliphatic rings. The number of hydrogen-bond donors (Lipinski definition) is 2. The van der Waals surface area contributed by atoms with Crippen LogP contribution in [-0.2, 0) is 7.05 Å². The van der Waals surface area contributed by atoms with Gasteiger partial charge in [-0.2, -0.15) is 0 Å². The van der Waals surface area contributed by atoms with Crippen LogP contribution in [0.2, 0.25) is 0 Å². The second-order valence-corrected chi connectivity index (χ2v) is 4.39. The molecule has 0 atom stereocenters. The topological polar surface area (TPSA) is 58.9 Å². The number of fused-ring (bicyclic) bond motifs is 1. The van der Waals surface area contributed by atoms with Crippen molar-refractivity contribution in [2.24, 2.45) is 7.05 Å². The summed E-state index contributed by atoms with van der Waals surface area (Å²) in [6.07, 6.45) is 0.468. The average molecular weight is 346 g/mol. The van der Waals surface area contributed by atoms with Gasteiger partial charge in [-0.3, -0.25) is 9.36 Å². The normalized spacial score (nSPS) is 8.96. The Morgan fingerprint density at radius 3 is 2.24 bits per heavy atom.